The van der Waals surface area contributed by atoms with Gasteiger partial charge in [-0.1, -0.05) is 19.3 Å². The van der Waals surface area contributed by atoms with Gasteiger partial charge in [0, 0.05) is 39.5 Å². The summed E-state index contributed by atoms with van der Waals surface area (Å²) in [5.41, 5.74) is 0. The third-order valence-corrected chi connectivity index (χ3v) is 5.06. The molecular formula is C18H28N4O2. The molecule has 1 saturated heterocycles. The fourth-order valence-corrected chi connectivity index (χ4v) is 3.60. The van der Waals surface area contributed by atoms with Gasteiger partial charge in [0.1, 0.15) is 6.10 Å². The molecule has 24 heavy (non-hydrogen) atoms. The Morgan fingerprint density at radius 2 is 2.00 bits per heavy atom. The van der Waals surface area contributed by atoms with Crippen LogP contribution in [0.5, 0.6) is 5.88 Å². The van der Waals surface area contributed by atoms with E-state index in [-0.39, 0.29) is 6.10 Å². The third kappa shape index (κ3) is 4.36. The second-order valence-electron chi connectivity index (χ2n) is 7.20. The summed E-state index contributed by atoms with van der Waals surface area (Å²) >= 11 is 0. The summed E-state index contributed by atoms with van der Waals surface area (Å²) in [5, 5.41) is 8.23. The van der Waals surface area contributed by atoms with E-state index in [0.29, 0.717) is 30.7 Å². The summed E-state index contributed by atoms with van der Waals surface area (Å²) in [7, 11) is 3.86. The van der Waals surface area contributed by atoms with Crippen molar-refractivity contribution in [3.63, 3.8) is 0 Å². The Hall–Kier alpha value is -1.85. The molecule has 0 unspecified atom stereocenters. The van der Waals surface area contributed by atoms with Gasteiger partial charge in [-0.05, 0) is 24.8 Å². The second kappa shape index (κ2) is 7.81. The van der Waals surface area contributed by atoms with Crippen LogP contribution in [0.2, 0.25) is 0 Å². The van der Waals surface area contributed by atoms with Crippen molar-refractivity contribution in [1.82, 2.24) is 15.1 Å². The number of likely N-dealkylation sites (tertiary alicyclic amines) is 1. The van der Waals surface area contributed by atoms with Crippen molar-refractivity contribution in [3.05, 3.63) is 12.1 Å². The Labute approximate surface area is 144 Å². The van der Waals surface area contributed by atoms with Gasteiger partial charge in [0.05, 0.1) is 6.54 Å². The molecule has 2 heterocycles. The highest BCUT2D eigenvalue weighted by Crippen LogP contribution is 2.27. The zero-order valence-corrected chi connectivity index (χ0v) is 14.8. The van der Waals surface area contributed by atoms with Crippen LogP contribution in [-0.2, 0) is 4.79 Å². The number of rotatable bonds is 5. The summed E-state index contributed by atoms with van der Waals surface area (Å²) in [5.74, 6) is 2.22. The minimum Gasteiger partial charge on any atom is -0.471 e. The van der Waals surface area contributed by atoms with Gasteiger partial charge in [-0.2, -0.15) is 0 Å². The summed E-state index contributed by atoms with van der Waals surface area (Å²) in [6.45, 7) is 1.46. The maximum Gasteiger partial charge on any atom is 0.233 e. The molecule has 1 atom stereocenters. The molecule has 1 aromatic heterocycles. The Kier molecular flexibility index (Phi) is 5.53. The fourth-order valence-electron chi connectivity index (χ4n) is 3.60. The lowest BCUT2D eigenvalue weighted by molar-refractivity contribution is -0.131. The molecule has 0 aromatic carbocycles. The van der Waals surface area contributed by atoms with Crippen LogP contribution in [0.4, 0.5) is 5.82 Å². The van der Waals surface area contributed by atoms with Gasteiger partial charge >= 0.3 is 0 Å². The predicted molar refractivity (Wildman–Crippen MR) is 93.2 cm³/mol. The largest absolute Gasteiger partial charge is 0.471 e. The van der Waals surface area contributed by atoms with Gasteiger partial charge in [0.25, 0.3) is 0 Å². The van der Waals surface area contributed by atoms with Gasteiger partial charge < -0.3 is 14.5 Å². The summed E-state index contributed by atoms with van der Waals surface area (Å²) in [4.78, 5) is 16.3. The molecule has 6 heteroatoms. The van der Waals surface area contributed by atoms with Crippen LogP contribution < -0.4 is 9.64 Å². The molecule has 1 aliphatic heterocycles. The number of carbonyl (C=O) groups excluding carboxylic acids is 1. The number of ether oxygens (including phenoxy) is 1. The van der Waals surface area contributed by atoms with Gasteiger partial charge in [0.15, 0.2) is 5.82 Å². The normalized spacial score (nSPS) is 21.8. The molecule has 2 fully saturated rings. The Morgan fingerprint density at radius 3 is 2.67 bits per heavy atom. The van der Waals surface area contributed by atoms with E-state index < -0.39 is 0 Å². The number of hydrogen-bond acceptors (Lipinski definition) is 5. The van der Waals surface area contributed by atoms with Crippen molar-refractivity contribution in [2.75, 3.05) is 32.1 Å². The first-order valence-electron chi connectivity index (χ1n) is 9.07. The van der Waals surface area contributed by atoms with Gasteiger partial charge in [-0.15, -0.1) is 10.2 Å². The summed E-state index contributed by atoms with van der Waals surface area (Å²) < 4.78 is 5.89. The quantitative estimate of drug-likeness (QED) is 0.829. The number of aromatic nitrogens is 2. The van der Waals surface area contributed by atoms with Crippen molar-refractivity contribution in [3.8, 4) is 5.88 Å². The SMILES string of the molecule is CN(C)c1ccc(O[C@H]2CCN(C(=O)CC3CCCCC3)C2)nn1. The lowest BCUT2D eigenvalue weighted by Gasteiger charge is -2.24. The topological polar surface area (TPSA) is 58.6 Å². The molecule has 132 valence electrons. The average molecular weight is 332 g/mol. The molecule has 2 aliphatic rings. The molecule has 0 N–H and O–H groups in total. The van der Waals surface area contributed by atoms with Gasteiger partial charge in [-0.25, -0.2) is 0 Å². The highest BCUT2D eigenvalue weighted by Gasteiger charge is 2.29. The molecule has 3 rings (SSSR count). The standard InChI is InChI=1S/C18H28N4O2/c1-21(2)16-8-9-17(20-19-16)24-15-10-11-22(13-15)18(23)12-14-6-4-3-5-7-14/h8-9,14-15H,3-7,10-13H2,1-2H3/t15-/m0/s1. The van der Waals surface area contributed by atoms with E-state index >= 15 is 0 Å². The monoisotopic (exact) mass is 332 g/mol. The Morgan fingerprint density at radius 1 is 1.21 bits per heavy atom. The fraction of sp³-hybridized carbons (Fsp3) is 0.722. The first kappa shape index (κ1) is 17.0. The van der Waals surface area contributed by atoms with Crippen LogP contribution in [0.1, 0.15) is 44.9 Å². The highest BCUT2D eigenvalue weighted by molar-refractivity contribution is 5.76. The molecule has 0 bridgehead atoms. The molecule has 1 aliphatic carbocycles. The van der Waals surface area contributed by atoms with E-state index in [2.05, 4.69) is 10.2 Å². The number of carbonyl (C=O) groups is 1. The lowest BCUT2D eigenvalue weighted by atomic mass is 9.87. The van der Waals surface area contributed by atoms with Crippen LogP contribution in [-0.4, -0.2) is 54.3 Å². The minimum absolute atomic E-state index is 0.0276. The smallest absolute Gasteiger partial charge is 0.233 e. The van der Waals surface area contributed by atoms with E-state index in [1.54, 1.807) is 0 Å². The molecule has 1 aromatic rings. The maximum atomic E-state index is 12.5. The van der Waals surface area contributed by atoms with Crippen molar-refractivity contribution in [2.24, 2.45) is 5.92 Å². The Balaban J connectivity index is 1.47. The van der Waals surface area contributed by atoms with Crippen LogP contribution in [0, 0.1) is 5.92 Å². The molecule has 6 nitrogen and oxygen atoms in total. The molecular weight excluding hydrogens is 304 g/mol. The maximum absolute atomic E-state index is 12.5. The van der Waals surface area contributed by atoms with Gasteiger partial charge in [0.2, 0.25) is 11.8 Å². The number of hydrogen-bond donors (Lipinski definition) is 0. The third-order valence-electron chi connectivity index (χ3n) is 5.06. The van der Waals surface area contributed by atoms with Crippen LogP contribution in [0.15, 0.2) is 12.1 Å². The summed E-state index contributed by atoms with van der Waals surface area (Å²) in [6.07, 6.45) is 7.94. The Bertz CT molecular complexity index is 540. The zero-order chi connectivity index (χ0) is 16.9. The second-order valence-corrected chi connectivity index (χ2v) is 7.20. The predicted octanol–water partition coefficient (Wildman–Crippen LogP) is 2.49. The van der Waals surface area contributed by atoms with Crippen molar-refractivity contribution < 1.29 is 9.53 Å². The number of anilines is 1. The first-order valence-corrected chi connectivity index (χ1v) is 9.07. The van der Waals surface area contributed by atoms with Crippen molar-refractivity contribution >= 4 is 11.7 Å². The zero-order valence-electron chi connectivity index (χ0n) is 14.8. The van der Waals surface area contributed by atoms with E-state index in [0.717, 1.165) is 18.8 Å². The molecule has 1 saturated carbocycles. The van der Waals surface area contributed by atoms with E-state index in [4.69, 9.17) is 4.74 Å². The summed E-state index contributed by atoms with van der Waals surface area (Å²) in [6, 6.07) is 3.73. The average Bonchev–Trinajstić information content (AvgIpc) is 3.05. The van der Waals surface area contributed by atoms with E-state index in [9.17, 15) is 4.79 Å². The first-order chi connectivity index (χ1) is 11.6. The van der Waals surface area contributed by atoms with Gasteiger partial charge in [-0.3, -0.25) is 4.79 Å². The van der Waals surface area contributed by atoms with Crippen LogP contribution >= 0.6 is 0 Å². The molecule has 0 radical (unpaired) electrons. The highest BCUT2D eigenvalue weighted by atomic mass is 16.5. The van der Waals surface area contributed by atoms with Crippen LogP contribution in [0.3, 0.4) is 0 Å². The number of amides is 1. The van der Waals surface area contributed by atoms with Crippen LogP contribution in [0.25, 0.3) is 0 Å². The molecule has 1 amide bonds. The van der Waals surface area contributed by atoms with Crippen molar-refractivity contribution in [1.29, 1.82) is 0 Å². The lowest BCUT2D eigenvalue weighted by Crippen LogP contribution is -2.32. The van der Waals surface area contributed by atoms with Crippen molar-refractivity contribution in [2.45, 2.75) is 51.0 Å². The molecule has 0 spiro atoms. The van der Waals surface area contributed by atoms with E-state index in [1.165, 1.54) is 32.1 Å². The number of nitrogens with zero attached hydrogens (tertiary/aromatic N) is 4. The van der Waals surface area contributed by atoms with E-state index in [1.807, 2.05) is 36.0 Å². The minimum atomic E-state index is 0.0276.